The van der Waals surface area contributed by atoms with Gasteiger partial charge in [-0.05, 0) is 6.92 Å². The standard InChI is InChI=1S/C6H10N2O/c1-4-5(2)8-6(9)7-3/h1,5H,2-3H3,(H2,7,8,9). The predicted octanol–water partition coefficient (Wildman–Crippen LogP) is -0.0629. The van der Waals surface area contributed by atoms with Crippen LogP contribution in [-0.4, -0.2) is 19.1 Å². The second-order valence-corrected chi connectivity index (χ2v) is 1.61. The van der Waals surface area contributed by atoms with Crippen LogP contribution in [0.2, 0.25) is 0 Å². The van der Waals surface area contributed by atoms with Gasteiger partial charge in [-0.3, -0.25) is 0 Å². The quantitative estimate of drug-likeness (QED) is 0.475. The molecule has 0 aromatic heterocycles. The Hall–Kier alpha value is -1.17. The van der Waals surface area contributed by atoms with E-state index in [1.807, 2.05) is 0 Å². The largest absolute Gasteiger partial charge is 0.341 e. The van der Waals surface area contributed by atoms with E-state index >= 15 is 0 Å². The smallest absolute Gasteiger partial charge is 0.315 e. The summed E-state index contributed by atoms with van der Waals surface area (Å²) in [7, 11) is 1.54. The number of urea groups is 1. The molecule has 1 atom stereocenters. The van der Waals surface area contributed by atoms with Gasteiger partial charge in [-0.1, -0.05) is 5.92 Å². The first-order valence-corrected chi connectivity index (χ1v) is 2.65. The van der Waals surface area contributed by atoms with Gasteiger partial charge in [0.2, 0.25) is 0 Å². The molecular formula is C6H10N2O. The van der Waals surface area contributed by atoms with E-state index in [9.17, 15) is 4.79 Å². The summed E-state index contributed by atoms with van der Waals surface area (Å²) in [6.45, 7) is 1.73. The van der Waals surface area contributed by atoms with Crippen LogP contribution in [0.1, 0.15) is 6.92 Å². The minimum absolute atomic E-state index is 0.204. The molecule has 0 bridgehead atoms. The molecular weight excluding hydrogens is 116 g/mol. The highest BCUT2D eigenvalue weighted by molar-refractivity contribution is 5.74. The van der Waals surface area contributed by atoms with E-state index in [1.165, 1.54) is 0 Å². The third-order valence-electron chi connectivity index (χ3n) is 0.825. The molecule has 3 nitrogen and oxygen atoms in total. The van der Waals surface area contributed by atoms with Gasteiger partial charge >= 0.3 is 6.03 Å². The average molecular weight is 126 g/mol. The number of nitrogens with one attached hydrogen (secondary N) is 2. The molecule has 0 fully saturated rings. The zero-order valence-electron chi connectivity index (χ0n) is 5.56. The molecule has 1 unspecified atom stereocenters. The second kappa shape index (κ2) is 3.79. The zero-order valence-corrected chi connectivity index (χ0v) is 5.56. The van der Waals surface area contributed by atoms with E-state index in [0.717, 1.165) is 0 Å². The van der Waals surface area contributed by atoms with Gasteiger partial charge in [0, 0.05) is 7.05 Å². The van der Waals surface area contributed by atoms with Gasteiger partial charge in [0.1, 0.15) is 0 Å². The Labute approximate surface area is 54.8 Å². The maximum atomic E-state index is 10.5. The summed E-state index contributed by atoms with van der Waals surface area (Å²) >= 11 is 0. The number of amides is 2. The summed E-state index contributed by atoms with van der Waals surface area (Å²) in [6.07, 6.45) is 4.98. The van der Waals surface area contributed by atoms with Crippen molar-refractivity contribution in [1.29, 1.82) is 0 Å². The molecule has 0 aliphatic rings. The van der Waals surface area contributed by atoms with Crippen molar-refractivity contribution >= 4 is 6.03 Å². The highest BCUT2D eigenvalue weighted by Crippen LogP contribution is 1.74. The molecule has 0 saturated heterocycles. The van der Waals surface area contributed by atoms with Gasteiger partial charge in [-0.25, -0.2) is 4.79 Å². The maximum absolute atomic E-state index is 10.5. The Kier molecular flexibility index (Phi) is 3.29. The lowest BCUT2D eigenvalue weighted by Gasteiger charge is -2.04. The van der Waals surface area contributed by atoms with Crippen molar-refractivity contribution in [2.45, 2.75) is 13.0 Å². The third-order valence-corrected chi connectivity index (χ3v) is 0.825. The summed E-state index contributed by atoms with van der Waals surface area (Å²) in [6, 6.07) is -0.453. The first kappa shape index (κ1) is 7.83. The molecule has 0 aliphatic carbocycles. The monoisotopic (exact) mass is 126 g/mol. The number of hydrogen-bond acceptors (Lipinski definition) is 1. The van der Waals surface area contributed by atoms with E-state index in [0.29, 0.717) is 0 Å². The summed E-state index contributed by atoms with van der Waals surface area (Å²) in [5, 5.41) is 4.88. The lowest BCUT2D eigenvalue weighted by molar-refractivity contribution is 0.242. The van der Waals surface area contributed by atoms with Crippen LogP contribution in [0.25, 0.3) is 0 Å². The predicted molar refractivity (Wildman–Crippen MR) is 35.9 cm³/mol. The molecule has 2 N–H and O–H groups in total. The van der Waals surface area contributed by atoms with Crippen molar-refractivity contribution in [2.75, 3.05) is 7.05 Å². The summed E-state index contributed by atoms with van der Waals surface area (Å²) in [5.41, 5.74) is 0. The van der Waals surface area contributed by atoms with Crippen molar-refractivity contribution < 1.29 is 4.79 Å². The number of terminal acetylenes is 1. The van der Waals surface area contributed by atoms with E-state index < -0.39 is 0 Å². The Morgan fingerprint density at radius 3 is 2.67 bits per heavy atom. The number of carbonyl (C=O) groups is 1. The molecule has 0 rings (SSSR count). The molecule has 0 saturated carbocycles. The molecule has 2 amide bonds. The minimum Gasteiger partial charge on any atom is -0.341 e. The van der Waals surface area contributed by atoms with Crippen molar-refractivity contribution in [2.24, 2.45) is 0 Å². The van der Waals surface area contributed by atoms with E-state index in [1.54, 1.807) is 14.0 Å². The van der Waals surface area contributed by atoms with E-state index in [-0.39, 0.29) is 12.1 Å². The molecule has 0 aromatic rings. The van der Waals surface area contributed by atoms with Crippen LogP contribution in [0.3, 0.4) is 0 Å². The molecule has 9 heavy (non-hydrogen) atoms. The van der Waals surface area contributed by atoms with Gasteiger partial charge < -0.3 is 10.6 Å². The molecule has 50 valence electrons. The number of hydrogen-bond donors (Lipinski definition) is 2. The van der Waals surface area contributed by atoms with Gasteiger partial charge in [0.15, 0.2) is 0 Å². The van der Waals surface area contributed by atoms with Crippen LogP contribution in [0.15, 0.2) is 0 Å². The molecule has 0 radical (unpaired) electrons. The molecule has 0 spiro atoms. The van der Waals surface area contributed by atoms with Crippen LogP contribution >= 0.6 is 0 Å². The summed E-state index contributed by atoms with van der Waals surface area (Å²) in [4.78, 5) is 10.5. The summed E-state index contributed by atoms with van der Waals surface area (Å²) in [5.74, 6) is 2.36. The van der Waals surface area contributed by atoms with Crippen molar-refractivity contribution in [3.8, 4) is 12.3 Å². The Balaban J connectivity index is 3.50. The van der Waals surface area contributed by atoms with Gasteiger partial charge in [0.05, 0.1) is 6.04 Å². The lowest BCUT2D eigenvalue weighted by Crippen LogP contribution is -2.38. The van der Waals surface area contributed by atoms with Crippen molar-refractivity contribution in [1.82, 2.24) is 10.6 Å². The van der Waals surface area contributed by atoms with Crippen molar-refractivity contribution in [3.05, 3.63) is 0 Å². The van der Waals surface area contributed by atoms with Crippen LogP contribution in [0.4, 0.5) is 4.79 Å². The molecule has 0 aliphatic heterocycles. The Morgan fingerprint density at radius 1 is 1.78 bits per heavy atom. The van der Waals surface area contributed by atoms with Crippen molar-refractivity contribution in [3.63, 3.8) is 0 Å². The topological polar surface area (TPSA) is 41.1 Å². The van der Waals surface area contributed by atoms with Crippen LogP contribution in [-0.2, 0) is 0 Å². The maximum Gasteiger partial charge on any atom is 0.315 e. The SMILES string of the molecule is C#CC(C)NC(=O)NC. The van der Waals surface area contributed by atoms with Gasteiger partial charge in [-0.2, -0.15) is 0 Å². The second-order valence-electron chi connectivity index (χ2n) is 1.61. The molecule has 3 heteroatoms. The fraction of sp³-hybridized carbons (Fsp3) is 0.500. The van der Waals surface area contributed by atoms with Crippen LogP contribution < -0.4 is 10.6 Å². The zero-order chi connectivity index (χ0) is 7.28. The lowest BCUT2D eigenvalue weighted by atomic mass is 10.4. The first-order valence-electron chi connectivity index (χ1n) is 2.65. The number of carbonyl (C=O) groups excluding carboxylic acids is 1. The highest BCUT2D eigenvalue weighted by Gasteiger charge is 1.98. The van der Waals surface area contributed by atoms with E-state index in [2.05, 4.69) is 16.6 Å². The third kappa shape index (κ3) is 3.42. The van der Waals surface area contributed by atoms with E-state index in [4.69, 9.17) is 6.42 Å². The normalized spacial score (nSPS) is 11.2. The Morgan fingerprint density at radius 2 is 2.33 bits per heavy atom. The first-order chi connectivity index (χ1) is 4.20. The molecule has 0 aromatic carbocycles. The average Bonchev–Trinajstić information content (AvgIpc) is 1.87. The fourth-order valence-corrected chi connectivity index (χ4v) is 0.310. The molecule has 0 heterocycles. The Bertz CT molecular complexity index is 136. The van der Waals surface area contributed by atoms with Crippen LogP contribution in [0.5, 0.6) is 0 Å². The van der Waals surface area contributed by atoms with Gasteiger partial charge in [-0.15, -0.1) is 6.42 Å². The fourth-order valence-electron chi connectivity index (χ4n) is 0.310. The summed E-state index contributed by atoms with van der Waals surface area (Å²) < 4.78 is 0. The highest BCUT2D eigenvalue weighted by atomic mass is 16.2. The number of rotatable bonds is 1. The van der Waals surface area contributed by atoms with Crippen LogP contribution in [0, 0.1) is 12.3 Å². The van der Waals surface area contributed by atoms with Gasteiger partial charge in [0.25, 0.3) is 0 Å². The minimum atomic E-state index is -0.250.